The topological polar surface area (TPSA) is 57.5 Å². The highest BCUT2D eigenvalue weighted by atomic mass is 35.5. The summed E-state index contributed by atoms with van der Waals surface area (Å²) in [6.07, 6.45) is 5.31. The molecule has 0 saturated carbocycles. The van der Waals surface area contributed by atoms with Crippen LogP contribution in [0.4, 0.5) is 21.6 Å². The molecular weight excluding hydrogens is 415 g/mol. The van der Waals surface area contributed by atoms with Gasteiger partial charge >= 0.3 is 0 Å². The highest BCUT2D eigenvalue weighted by Gasteiger charge is 2.15. The second kappa shape index (κ2) is 9.08. The Morgan fingerprint density at radius 3 is 2.68 bits per heavy atom. The Bertz CT molecular complexity index is 1220. The third-order valence-electron chi connectivity index (χ3n) is 5.17. The van der Waals surface area contributed by atoms with E-state index < -0.39 is 5.82 Å². The number of piperazine rings is 1. The van der Waals surface area contributed by atoms with E-state index in [1.54, 1.807) is 23.0 Å². The number of hydrogen-bond acceptors (Lipinski definition) is 5. The molecule has 0 atom stereocenters. The predicted octanol–water partition coefficient (Wildman–Crippen LogP) is 5.16. The maximum Gasteiger partial charge on any atom is 0.173 e. The van der Waals surface area contributed by atoms with Crippen molar-refractivity contribution in [3.63, 3.8) is 0 Å². The minimum atomic E-state index is -0.393. The third-order valence-corrected chi connectivity index (χ3v) is 5.47. The fourth-order valence-corrected chi connectivity index (χ4v) is 4.15. The summed E-state index contributed by atoms with van der Waals surface area (Å²) in [5.41, 5.74) is 2.74. The molecule has 2 N–H and O–H groups in total. The summed E-state index contributed by atoms with van der Waals surface area (Å²) in [4.78, 5) is 11.0. The van der Waals surface area contributed by atoms with Crippen molar-refractivity contribution in [2.45, 2.75) is 20.8 Å². The van der Waals surface area contributed by atoms with E-state index in [0.717, 1.165) is 48.3 Å². The lowest BCUT2D eigenvalue weighted by molar-refractivity contribution is 0.589. The Hall–Kier alpha value is -2.90. The summed E-state index contributed by atoms with van der Waals surface area (Å²) in [5.74, 6) is 0.199. The fraction of sp³-hybridized carbons (Fsp3) is 0.304. The number of benzene rings is 1. The van der Waals surface area contributed by atoms with Crippen LogP contribution < -0.4 is 15.5 Å². The van der Waals surface area contributed by atoms with Crippen LogP contribution in [0.1, 0.15) is 19.5 Å². The number of nitrogens with zero attached hydrogens (tertiary/aromatic N) is 4. The van der Waals surface area contributed by atoms with Gasteiger partial charge in [0, 0.05) is 61.9 Å². The molecule has 1 saturated heterocycles. The predicted molar refractivity (Wildman–Crippen MR) is 126 cm³/mol. The average Bonchev–Trinajstić information content (AvgIpc) is 3.16. The first-order chi connectivity index (χ1) is 15.1. The summed E-state index contributed by atoms with van der Waals surface area (Å²) >= 11 is 6.67. The van der Waals surface area contributed by atoms with Gasteiger partial charge in [-0.3, -0.25) is 0 Å². The second-order valence-corrected chi connectivity index (χ2v) is 7.64. The summed E-state index contributed by atoms with van der Waals surface area (Å²) in [5, 5.41) is 9.00. The Morgan fingerprint density at radius 1 is 1.13 bits per heavy atom. The number of pyridine rings is 2. The number of rotatable bonds is 3. The van der Waals surface area contributed by atoms with E-state index in [0.29, 0.717) is 22.2 Å². The molecule has 1 fully saturated rings. The molecular formula is C23H26ClFN6. The van der Waals surface area contributed by atoms with Crippen LogP contribution in [0.2, 0.25) is 5.02 Å². The lowest BCUT2D eigenvalue weighted by Gasteiger charge is -2.30. The van der Waals surface area contributed by atoms with Gasteiger partial charge in [0.25, 0.3) is 0 Å². The van der Waals surface area contributed by atoms with Gasteiger partial charge in [-0.05, 0) is 30.5 Å². The maximum absolute atomic E-state index is 14.4. The van der Waals surface area contributed by atoms with Crippen LogP contribution in [0.15, 0.2) is 42.9 Å². The zero-order valence-electron chi connectivity index (χ0n) is 17.9. The molecule has 0 unspecified atom stereocenters. The number of anilines is 3. The molecule has 0 aliphatic carbocycles. The molecule has 4 heterocycles. The monoisotopic (exact) mass is 440 g/mol. The number of aromatic nitrogens is 3. The van der Waals surface area contributed by atoms with Gasteiger partial charge in [-0.2, -0.15) is 0 Å². The average molecular weight is 441 g/mol. The van der Waals surface area contributed by atoms with Crippen LogP contribution in [0.25, 0.3) is 16.4 Å². The minimum Gasteiger partial charge on any atom is -0.369 e. The highest BCUT2D eigenvalue weighted by Crippen LogP contribution is 2.35. The van der Waals surface area contributed by atoms with Crippen LogP contribution in [0.5, 0.6) is 0 Å². The first kappa shape index (κ1) is 21.3. The van der Waals surface area contributed by atoms with Crippen molar-refractivity contribution in [3.8, 4) is 0 Å². The molecule has 4 aromatic rings. The van der Waals surface area contributed by atoms with E-state index in [1.165, 1.54) is 6.07 Å². The minimum absolute atomic E-state index is 0.303. The normalized spacial score (nSPS) is 13.9. The van der Waals surface area contributed by atoms with Gasteiger partial charge in [0.05, 0.1) is 16.4 Å². The van der Waals surface area contributed by atoms with E-state index >= 15 is 0 Å². The van der Waals surface area contributed by atoms with Gasteiger partial charge in [0.1, 0.15) is 5.82 Å². The molecule has 3 aromatic heterocycles. The highest BCUT2D eigenvalue weighted by molar-refractivity contribution is 6.37. The Morgan fingerprint density at radius 2 is 1.90 bits per heavy atom. The summed E-state index contributed by atoms with van der Waals surface area (Å²) < 4.78 is 16.1. The molecule has 0 amide bonds. The molecule has 5 rings (SSSR count). The maximum atomic E-state index is 14.4. The Kier molecular flexibility index (Phi) is 6.25. The van der Waals surface area contributed by atoms with Crippen molar-refractivity contribution in [1.29, 1.82) is 0 Å². The fourth-order valence-electron chi connectivity index (χ4n) is 3.84. The van der Waals surface area contributed by atoms with E-state index in [9.17, 15) is 4.39 Å². The smallest absolute Gasteiger partial charge is 0.173 e. The van der Waals surface area contributed by atoms with Crippen molar-refractivity contribution in [1.82, 2.24) is 19.7 Å². The van der Waals surface area contributed by atoms with E-state index in [1.807, 2.05) is 32.9 Å². The molecule has 0 bridgehead atoms. The van der Waals surface area contributed by atoms with Crippen molar-refractivity contribution in [3.05, 3.63) is 59.4 Å². The largest absolute Gasteiger partial charge is 0.369 e. The van der Waals surface area contributed by atoms with Crippen molar-refractivity contribution in [2.24, 2.45) is 0 Å². The van der Waals surface area contributed by atoms with Gasteiger partial charge in [-0.15, -0.1) is 0 Å². The summed E-state index contributed by atoms with van der Waals surface area (Å²) in [6, 6.07) is 7.47. The summed E-state index contributed by atoms with van der Waals surface area (Å²) in [7, 11) is 0. The molecule has 8 heteroatoms. The van der Waals surface area contributed by atoms with E-state index in [4.69, 9.17) is 11.6 Å². The van der Waals surface area contributed by atoms with E-state index in [-0.39, 0.29) is 0 Å². The van der Waals surface area contributed by atoms with Crippen molar-refractivity contribution >= 4 is 45.2 Å². The molecule has 0 spiro atoms. The van der Waals surface area contributed by atoms with Crippen LogP contribution >= 0.6 is 11.6 Å². The van der Waals surface area contributed by atoms with Crippen LogP contribution in [0.3, 0.4) is 0 Å². The van der Waals surface area contributed by atoms with Crippen molar-refractivity contribution < 1.29 is 4.39 Å². The lowest BCUT2D eigenvalue weighted by atomic mass is 10.1. The van der Waals surface area contributed by atoms with Crippen LogP contribution in [-0.4, -0.2) is 40.5 Å². The number of aryl methyl sites for hydroxylation is 1. The van der Waals surface area contributed by atoms with Gasteiger partial charge in [-0.1, -0.05) is 25.4 Å². The van der Waals surface area contributed by atoms with Gasteiger partial charge in [-0.25, -0.2) is 14.4 Å². The zero-order chi connectivity index (χ0) is 22.0. The number of nitrogens with one attached hydrogen (secondary N) is 2. The van der Waals surface area contributed by atoms with Gasteiger partial charge < -0.3 is 19.9 Å². The van der Waals surface area contributed by atoms with Crippen LogP contribution in [0, 0.1) is 12.7 Å². The standard InChI is InChI=1S/C21H20ClFN6.C2H6/c1-13-11-29-12-15(9-18(23)21(29)26-13)27-20-19-14(2-3-25-20)8-16(10-17(19)22)28-6-4-24-5-7-28;1-2/h2-3,8-12,24H,4-7H2,1H3,(H,25,27);1-2H3. The second-order valence-electron chi connectivity index (χ2n) is 7.24. The third kappa shape index (κ3) is 4.29. The molecule has 1 aromatic carbocycles. The first-order valence-corrected chi connectivity index (χ1v) is 10.9. The number of imidazole rings is 1. The quantitative estimate of drug-likeness (QED) is 0.460. The molecule has 31 heavy (non-hydrogen) atoms. The SMILES string of the molecule is CC.Cc1cn2cc(Nc3nccc4cc(N5CCNCC5)cc(Cl)c34)cc(F)c2n1. The molecule has 1 aliphatic heterocycles. The van der Waals surface area contributed by atoms with Gasteiger partial charge in [0.2, 0.25) is 0 Å². The van der Waals surface area contributed by atoms with E-state index in [2.05, 4.69) is 31.6 Å². The molecule has 0 radical (unpaired) electrons. The zero-order valence-corrected chi connectivity index (χ0v) is 18.7. The van der Waals surface area contributed by atoms with Gasteiger partial charge in [0.15, 0.2) is 11.5 Å². The number of halogens is 2. The number of hydrogen-bond donors (Lipinski definition) is 2. The number of fused-ring (bicyclic) bond motifs is 2. The summed E-state index contributed by atoms with van der Waals surface area (Å²) in [6.45, 7) is 9.64. The lowest BCUT2D eigenvalue weighted by Crippen LogP contribution is -2.43. The van der Waals surface area contributed by atoms with Crippen LogP contribution in [-0.2, 0) is 0 Å². The molecule has 162 valence electrons. The molecule has 1 aliphatic rings. The Balaban J connectivity index is 0.00000112. The first-order valence-electron chi connectivity index (χ1n) is 10.5. The van der Waals surface area contributed by atoms with Crippen molar-refractivity contribution in [2.75, 3.05) is 36.4 Å². The Labute approximate surface area is 186 Å². The molecule has 6 nitrogen and oxygen atoms in total.